The first kappa shape index (κ1) is 21.9. The minimum atomic E-state index is -2.91. The third-order valence-electron chi connectivity index (χ3n) is 4.14. The zero-order chi connectivity index (χ0) is 22.5. The Morgan fingerprint density at radius 1 is 1.03 bits per heavy atom. The van der Waals surface area contributed by atoms with Gasteiger partial charge in [-0.15, -0.1) is 5.10 Å². The summed E-state index contributed by atoms with van der Waals surface area (Å²) in [5.41, 5.74) is 1.91. The van der Waals surface area contributed by atoms with E-state index in [0.717, 1.165) is 0 Å². The van der Waals surface area contributed by atoms with Gasteiger partial charge < -0.3 is 14.8 Å². The van der Waals surface area contributed by atoms with Crippen LogP contribution in [0.25, 0.3) is 5.69 Å². The van der Waals surface area contributed by atoms with Gasteiger partial charge in [-0.2, -0.15) is 8.78 Å². The Kier molecular flexibility index (Phi) is 6.58. The summed E-state index contributed by atoms with van der Waals surface area (Å²) in [6, 6.07) is 12.0. The van der Waals surface area contributed by atoms with Crippen LogP contribution in [0.4, 0.5) is 14.5 Å². The molecule has 0 unspecified atom stereocenters. The van der Waals surface area contributed by atoms with Crippen LogP contribution in [0, 0.1) is 6.92 Å². The smallest absolute Gasteiger partial charge is 0.387 e. The number of nitrogens with zero attached hydrogens (tertiary/aromatic N) is 3. The van der Waals surface area contributed by atoms with Crippen molar-refractivity contribution in [1.82, 2.24) is 15.0 Å². The lowest BCUT2D eigenvalue weighted by Gasteiger charge is -2.09. The normalized spacial score (nSPS) is 10.9. The number of carbonyl (C=O) groups is 2. The molecular weight excluding hydrogens is 410 g/mol. The first-order valence-corrected chi connectivity index (χ1v) is 9.34. The number of rotatable bonds is 7. The van der Waals surface area contributed by atoms with Gasteiger partial charge in [0.2, 0.25) is 0 Å². The number of carbonyl (C=O) groups excluding carboxylic acids is 2. The zero-order valence-electron chi connectivity index (χ0n) is 17.0. The van der Waals surface area contributed by atoms with Gasteiger partial charge in [0.05, 0.1) is 23.0 Å². The Labute approximate surface area is 176 Å². The van der Waals surface area contributed by atoms with Gasteiger partial charge in [0, 0.05) is 5.69 Å². The monoisotopic (exact) mass is 430 g/mol. The van der Waals surface area contributed by atoms with Crippen molar-refractivity contribution < 1.29 is 27.8 Å². The molecule has 0 saturated heterocycles. The molecule has 1 heterocycles. The van der Waals surface area contributed by atoms with Gasteiger partial charge >= 0.3 is 12.6 Å². The Morgan fingerprint density at radius 2 is 1.68 bits per heavy atom. The Morgan fingerprint density at radius 3 is 2.26 bits per heavy atom. The molecule has 0 bridgehead atoms. The van der Waals surface area contributed by atoms with Crippen molar-refractivity contribution in [2.24, 2.45) is 0 Å². The molecule has 1 aromatic heterocycles. The van der Waals surface area contributed by atoms with Crippen LogP contribution in [-0.2, 0) is 4.74 Å². The maximum Gasteiger partial charge on any atom is 0.387 e. The van der Waals surface area contributed by atoms with Crippen molar-refractivity contribution >= 4 is 17.6 Å². The summed E-state index contributed by atoms with van der Waals surface area (Å²) in [6.07, 6.45) is -0.231. The van der Waals surface area contributed by atoms with Gasteiger partial charge in [0.25, 0.3) is 5.91 Å². The number of ether oxygens (including phenoxy) is 2. The molecular formula is C21H20F2N4O4. The molecule has 0 saturated carbocycles. The van der Waals surface area contributed by atoms with E-state index in [0.29, 0.717) is 22.6 Å². The molecule has 1 N–H and O–H groups in total. The van der Waals surface area contributed by atoms with E-state index in [1.165, 1.54) is 28.9 Å². The molecule has 0 aliphatic rings. The number of amides is 1. The number of esters is 1. The third-order valence-corrected chi connectivity index (χ3v) is 4.14. The number of hydrogen-bond acceptors (Lipinski definition) is 6. The van der Waals surface area contributed by atoms with Crippen LogP contribution in [0.5, 0.6) is 5.75 Å². The summed E-state index contributed by atoms with van der Waals surface area (Å²) in [5.74, 6) is -0.925. The molecule has 0 spiro atoms. The average molecular weight is 430 g/mol. The van der Waals surface area contributed by atoms with Crippen LogP contribution in [-0.4, -0.2) is 39.6 Å². The summed E-state index contributed by atoms with van der Waals surface area (Å²) in [6.45, 7) is 2.26. The molecule has 2 aromatic carbocycles. The van der Waals surface area contributed by atoms with Crippen molar-refractivity contribution in [3.8, 4) is 11.4 Å². The van der Waals surface area contributed by atoms with Gasteiger partial charge in [-0.25, -0.2) is 9.48 Å². The van der Waals surface area contributed by atoms with Crippen molar-refractivity contribution in [2.75, 3.05) is 5.32 Å². The summed E-state index contributed by atoms with van der Waals surface area (Å²) in [4.78, 5) is 24.5. The summed E-state index contributed by atoms with van der Waals surface area (Å²) < 4.78 is 35.4. The van der Waals surface area contributed by atoms with E-state index < -0.39 is 18.5 Å². The average Bonchev–Trinajstić information content (AvgIpc) is 3.09. The molecule has 3 rings (SSSR count). The predicted molar refractivity (Wildman–Crippen MR) is 108 cm³/mol. The van der Waals surface area contributed by atoms with Gasteiger partial charge in [-0.1, -0.05) is 5.21 Å². The lowest BCUT2D eigenvalue weighted by atomic mass is 10.2. The van der Waals surface area contributed by atoms with Crippen molar-refractivity contribution in [3.05, 3.63) is 65.5 Å². The van der Waals surface area contributed by atoms with Crippen LogP contribution in [0.2, 0.25) is 0 Å². The highest BCUT2D eigenvalue weighted by molar-refractivity contribution is 6.03. The van der Waals surface area contributed by atoms with Crippen molar-refractivity contribution in [3.63, 3.8) is 0 Å². The summed E-state index contributed by atoms with van der Waals surface area (Å²) >= 11 is 0. The van der Waals surface area contributed by atoms with Gasteiger partial charge in [-0.05, 0) is 69.3 Å². The number of halogens is 2. The lowest BCUT2D eigenvalue weighted by Crippen LogP contribution is -2.15. The van der Waals surface area contributed by atoms with Gasteiger partial charge in [-0.3, -0.25) is 4.79 Å². The Balaban J connectivity index is 1.70. The number of anilines is 1. The molecule has 0 aliphatic carbocycles. The van der Waals surface area contributed by atoms with Crippen LogP contribution in [0.3, 0.4) is 0 Å². The van der Waals surface area contributed by atoms with E-state index in [-0.39, 0.29) is 17.5 Å². The number of nitrogens with one attached hydrogen (secondary N) is 1. The van der Waals surface area contributed by atoms with Crippen molar-refractivity contribution in [2.45, 2.75) is 33.5 Å². The largest absolute Gasteiger partial charge is 0.459 e. The Bertz CT molecular complexity index is 1060. The molecule has 0 fully saturated rings. The minimum Gasteiger partial charge on any atom is -0.459 e. The first-order valence-electron chi connectivity index (χ1n) is 9.34. The summed E-state index contributed by atoms with van der Waals surface area (Å²) in [7, 11) is 0. The molecule has 10 heteroatoms. The van der Waals surface area contributed by atoms with E-state index in [9.17, 15) is 18.4 Å². The van der Waals surface area contributed by atoms with E-state index in [1.54, 1.807) is 45.0 Å². The fraction of sp³-hybridized carbons (Fsp3) is 0.238. The zero-order valence-corrected chi connectivity index (χ0v) is 17.0. The number of benzene rings is 2. The van der Waals surface area contributed by atoms with Crippen LogP contribution < -0.4 is 10.1 Å². The lowest BCUT2D eigenvalue weighted by molar-refractivity contribution is -0.0498. The standard InChI is InChI=1S/C21H20F2N4O4/c1-12(2)30-20(29)14-4-6-15(7-5-14)24-19(28)18-13(3)27(26-25-18)16-8-10-17(11-9-16)31-21(22)23/h4-12,21H,1-3H3,(H,24,28). The molecule has 162 valence electrons. The second-order valence-electron chi connectivity index (χ2n) is 6.79. The molecule has 0 atom stereocenters. The van der Waals surface area contributed by atoms with Gasteiger partial charge in [0.1, 0.15) is 5.75 Å². The van der Waals surface area contributed by atoms with E-state index >= 15 is 0 Å². The molecule has 0 radical (unpaired) electrons. The van der Waals surface area contributed by atoms with Crippen LogP contribution >= 0.6 is 0 Å². The molecule has 0 aliphatic heterocycles. The van der Waals surface area contributed by atoms with Crippen LogP contribution in [0.1, 0.15) is 40.4 Å². The van der Waals surface area contributed by atoms with E-state index in [1.807, 2.05) is 0 Å². The number of hydrogen-bond donors (Lipinski definition) is 1. The predicted octanol–water partition coefficient (Wildman–Crippen LogP) is 3.99. The second kappa shape index (κ2) is 9.33. The first-order chi connectivity index (χ1) is 14.7. The van der Waals surface area contributed by atoms with Crippen molar-refractivity contribution in [1.29, 1.82) is 0 Å². The minimum absolute atomic E-state index is 0.00945. The SMILES string of the molecule is Cc1c(C(=O)Nc2ccc(C(=O)OC(C)C)cc2)nnn1-c1ccc(OC(F)F)cc1. The quantitative estimate of drug-likeness (QED) is 0.570. The fourth-order valence-electron chi connectivity index (χ4n) is 2.72. The second-order valence-corrected chi connectivity index (χ2v) is 6.79. The molecule has 1 amide bonds. The van der Waals surface area contributed by atoms with Crippen LogP contribution in [0.15, 0.2) is 48.5 Å². The highest BCUT2D eigenvalue weighted by atomic mass is 19.3. The summed E-state index contributed by atoms with van der Waals surface area (Å²) in [5, 5.41) is 10.6. The van der Waals surface area contributed by atoms with E-state index in [4.69, 9.17) is 4.74 Å². The Hall–Kier alpha value is -3.82. The van der Waals surface area contributed by atoms with Gasteiger partial charge in [0.15, 0.2) is 5.69 Å². The topological polar surface area (TPSA) is 95.3 Å². The molecule has 3 aromatic rings. The highest BCUT2D eigenvalue weighted by Gasteiger charge is 2.18. The third kappa shape index (κ3) is 5.41. The maximum atomic E-state index is 12.6. The number of alkyl halides is 2. The highest BCUT2D eigenvalue weighted by Crippen LogP contribution is 2.19. The van der Waals surface area contributed by atoms with E-state index in [2.05, 4.69) is 20.4 Å². The molecule has 31 heavy (non-hydrogen) atoms. The fourth-order valence-corrected chi connectivity index (χ4v) is 2.72. The maximum absolute atomic E-state index is 12.6. The number of aromatic nitrogens is 3. The molecule has 8 nitrogen and oxygen atoms in total.